The van der Waals surface area contributed by atoms with Gasteiger partial charge in [0.25, 0.3) is 0 Å². The van der Waals surface area contributed by atoms with Crippen molar-refractivity contribution >= 4 is 33.6 Å². The minimum absolute atomic E-state index is 0.175. The van der Waals surface area contributed by atoms with Crippen molar-refractivity contribution in [2.75, 3.05) is 18.4 Å². The zero-order valence-corrected chi connectivity index (χ0v) is 12.5. The summed E-state index contributed by atoms with van der Waals surface area (Å²) in [4.78, 5) is 22.5. The summed E-state index contributed by atoms with van der Waals surface area (Å²) in [6.07, 6.45) is -4.68. The minimum Gasteiger partial charge on any atom is -0.480 e. The molecule has 9 heteroatoms. The summed E-state index contributed by atoms with van der Waals surface area (Å²) < 4.78 is 37.6. The molecular weight excluding hydrogens is 357 g/mol. The van der Waals surface area contributed by atoms with E-state index in [1.54, 1.807) is 19.1 Å². The number of amides is 2. The van der Waals surface area contributed by atoms with Crippen LogP contribution in [0.3, 0.4) is 0 Å². The molecule has 1 rings (SSSR count). The summed E-state index contributed by atoms with van der Waals surface area (Å²) in [7, 11) is 0. The maximum atomic E-state index is 12.4. The molecule has 0 fully saturated rings. The molecule has 0 aliphatic heterocycles. The number of carboxylic acids is 1. The SMILES string of the molecule is Cc1ccc(NC(=O)N(CC(=O)O)CC(F)(F)F)c(Br)c1. The first-order chi connectivity index (χ1) is 9.58. The highest BCUT2D eigenvalue weighted by Gasteiger charge is 2.34. The fourth-order valence-corrected chi connectivity index (χ4v) is 2.09. The molecular formula is C12H12BrF3N2O3. The highest BCUT2D eigenvalue weighted by molar-refractivity contribution is 9.10. The number of carbonyl (C=O) groups is 2. The number of hydrogen-bond donors (Lipinski definition) is 2. The molecule has 5 nitrogen and oxygen atoms in total. The minimum atomic E-state index is -4.68. The van der Waals surface area contributed by atoms with E-state index in [9.17, 15) is 22.8 Å². The van der Waals surface area contributed by atoms with Gasteiger partial charge in [0.15, 0.2) is 0 Å². The number of nitrogens with one attached hydrogen (secondary N) is 1. The second-order valence-corrected chi connectivity index (χ2v) is 5.13. The summed E-state index contributed by atoms with van der Waals surface area (Å²) in [6, 6.07) is 3.69. The predicted molar refractivity (Wildman–Crippen MR) is 73.2 cm³/mol. The van der Waals surface area contributed by atoms with Crippen LogP contribution in [0.5, 0.6) is 0 Å². The van der Waals surface area contributed by atoms with Gasteiger partial charge in [0.2, 0.25) is 0 Å². The number of halogens is 4. The van der Waals surface area contributed by atoms with E-state index in [0.717, 1.165) is 5.56 Å². The van der Waals surface area contributed by atoms with Crippen LogP contribution in [0, 0.1) is 6.92 Å². The van der Waals surface area contributed by atoms with Crippen LogP contribution < -0.4 is 5.32 Å². The fraction of sp³-hybridized carbons (Fsp3) is 0.333. The molecule has 0 aliphatic rings. The molecule has 0 bridgehead atoms. The lowest BCUT2D eigenvalue weighted by atomic mass is 10.2. The zero-order valence-electron chi connectivity index (χ0n) is 10.9. The van der Waals surface area contributed by atoms with Crippen molar-refractivity contribution in [3.8, 4) is 0 Å². The topological polar surface area (TPSA) is 69.6 Å². The number of nitrogens with zero attached hydrogens (tertiary/aromatic N) is 1. The predicted octanol–water partition coefficient (Wildman–Crippen LogP) is 3.24. The van der Waals surface area contributed by atoms with E-state index in [1.807, 2.05) is 0 Å². The third kappa shape index (κ3) is 6.03. The standard InChI is InChI=1S/C12H12BrF3N2O3/c1-7-2-3-9(8(13)4-7)17-11(21)18(5-10(19)20)6-12(14,15)16/h2-4H,5-6H2,1H3,(H,17,21)(H,19,20). The van der Waals surface area contributed by atoms with Crippen LogP contribution >= 0.6 is 15.9 Å². The summed E-state index contributed by atoms with van der Waals surface area (Å²) in [5.41, 5.74) is 1.14. The Labute approximate surface area is 126 Å². The molecule has 21 heavy (non-hydrogen) atoms. The Morgan fingerprint density at radius 1 is 1.38 bits per heavy atom. The van der Waals surface area contributed by atoms with Crippen LogP contribution in [-0.4, -0.2) is 41.3 Å². The van der Waals surface area contributed by atoms with Gasteiger partial charge in [-0.3, -0.25) is 4.79 Å². The van der Waals surface area contributed by atoms with Crippen molar-refractivity contribution < 1.29 is 27.9 Å². The molecule has 0 aliphatic carbocycles. The Bertz CT molecular complexity index is 549. The zero-order chi connectivity index (χ0) is 16.2. The third-order valence-electron chi connectivity index (χ3n) is 2.35. The molecule has 2 amide bonds. The van der Waals surface area contributed by atoms with Crippen LogP contribution in [0.2, 0.25) is 0 Å². The number of anilines is 1. The molecule has 0 radical (unpaired) electrons. The molecule has 116 valence electrons. The number of carboxylic acid groups (broad SMARTS) is 1. The van der Waals surface area contributed by atoms with Crippen molar-refractivity contribution in [3.05, 3.63) is 28.2 Å². The van der Waals surface area contributed by atoms with Gasteiger partial charge in [0.1, 0.15) is 13.1 Å². The molecule has 0 spiro atoms. The van der Waals surface area contributed by atoms with Gasteiger partial charge in [0, 0.05) is 4.47 Å². The van der Waals surface area contributed by atoms with Crippen molar-refractivity contribution in [2.45, 2.75) is 13.1 Å². The molecule has 1 aromatic carbocycles. The average molecular weight is 369 g/mol. The van der Waals surface area contributed by atoms with Gasteiger partial charge in [0.05, 0.1) is 5.69 Å². The molecule has 0 atom stereocenters. The van der Waals surface area contributed by atoms with Crippen LogP contribution in [0.15, 0.2) is 22.7 Å². The van der Waals surface area contributed by atoms with Gasteiger partial charge in [-0.2, -0.15) is 13.2 Å². The van der Waals surface area contributed by atoms with Crippen LogP contribution in [0.1, 0.15) is 5.56 Å². The largest absolute Gasteiger partial charge is 0.480 e. The van der Waals surface area contributed by atoms with Gasteiger partial charge in [-0.25, -0.2) is 4.79 Å². The smallest absolute Gasteiger partial charge is 0.406 e. The number of alkyl halides is 3. The number of hydrogen-bond acceptors (Lipinski definition) is 2. The number of rotatable bonds is 4. The van der Waals surface area contributed by atoms with Crippen LogP contribution in [0.4, 0.5) is 23.7 Å². The van der Waals surface area contributed by atoms with E-state index in [0.29, 0.717) is 4.47 Å². The van der Waals surface area contributed by atoms with E-state index in [1.165, 1.54) is 6.07 Å². The van der Waals surface area contributed by atoms with Crippen LogP contribution in [0.25, 0.3) is 0 Å². The average Bonchev–Trinajstić information content (AvgIpc) is 2.29. The van der Waals surface area contributed by atoms with Crippen molar-refractivity contribution in [2.24, 2.45) is 0 Å². The van der Waals surface area contributed by atoms with Gasteiger partial charge >= 0.3 is 18.2 Å². The van der Waals surface area contributed by atoms with Crippen molar-refractivity contribution in [3.63, 3.8) is 0 Å². The summed E-state index contributed by atoms with van der Waals surface area (Å²) in [5.74, 6) is -1.53. The van der Waals surface area contributed by atoms with Gasteiger partial charge in [-0.05, 0) is 40.5 Å². The highest BCUT2D eigenvalue weighted by atomic mass is 79.9. The van der Waals surface area contributed by atoms with Gasteiger partial charge in [-0.15, -0.1) is 0 Å². The number of urea groups is 1. The quantitative estimate of drug-likeness (QED) is 0.856. The molecule has 2 N–H and O–H groups in total. The maximum Gasteiger partial charge on any atom is 0.406 e. The third-order valence-corrected chi connectivity index (χ3v) is 3.01. The Morgan fingerprint density at radius 3 is 2.48 bits per heavy atom. The van der Waals surface area contributed by atoms with Gasteiger partial charge < -0.3 is 15.3 Å². The lowest BCUT2D eigenvalue weighted by Gasteiger charge is -2.22. The summed E-state index contributed by atoms with van der Waals surface area (Å²) in [6.45, 7) is -0.889. The number of aryl methyl sites for hydroxylation is 1. The Balaban J connectivity index is 2.87. The first kappa shape index (κ1) is 17.3. The van der Waals surface area contributed by atoms with E-state index >= 15 is 0 Å². The molecule has 0 unspecified atom stereocenters. The second-order valence-electron chi connectivity index (χ2n) is 4.28. The highest BCUT2D eigenvalue weighted by Crippen LogP contribution is 2.24. The van der Waals surface area contributed by atoms with E-state index < -0.39 is 31.3 Å². The first-order valence-electron chi connectivity index (χ1n) is 5.69. The number of aliphatic carboxylic acids is 1. The molecule has 0 heterocycles. The molecule has 1 aromatic rings. The fourth-order valence-electron chi connectivity index (χ4n) is 1.49. The Hall–Kier alpha value is -1.77. The lowest BCUT2D eigenvalue weighted by molar-refractivity contribution is -0.148. The Morgan fingerprint density at radius 2 is 2.00 bits per heavy atom. The lowest BCUT2D eigenvalue weighted by Crippen LogP contribution is -2.44. The molecule has 0 saturated carbocycles. The van der Waals surface area contributed by atoms with Crippen LogP contribution in [-0.2, 0) is 4.79 Å². The maximum absolute atomic E-state index is 12.4. The normalized spacial score (nSPS) is 11.1. The van der Waals surface area contributed by atoms with E-state index in [4.69, 9.17) is 5.11 Å². The molecule has 0 saturated heterocycles. The van der Waals surface area contributed by atoms with E-state index in [2.05, 4.69) is 21.2 Å². The second kappa shape index (κ2) is 6.79. The number of carbonyl (C=O) groups excluding carboxylic acids is 1. The summed E-state index contributed by atoms with van der Waals surface area (Å²) in [5, 5.41) is 10.8. The van der Waals surface area contributed by atoms with Crippen molar-refractivity contribution in [1.82, 2.24) is 4.90 Å². The van der Waals surface area contributed by atoms with Gasteiger partial charge in [-0.1, -0.05) is 6.07 Å². The van der Waals surface area contributed by atoms with E-state index in [-0.39, 0.29) is 10.6 Å². The molecule has 0 aromatic heterocycles. The van der Waals surface area contributed by atoms with Crippen molar-refractivity contribution in [1.29, 1.82) is 0 Å². The monoisotopic (exact) mass is 368 g/mol. The Kier molecular flexibility index (Phi) is 5.59. The first-order valence-corrected chi connectivity index (χ1v) is 6.48. The number of benzene rings is 1. The summed E-state index contributed by atoms with van der Waals surface area (Å²) >= 11 is 3.17.